The summed E-state index contributed by atoms with van der Waals surface area (Å²) in [5, 5.41) is 3.15. The monoisotopic (exact) mass is 251 g/mol. The van der Waals surface area contributed by atoms with Gasteiger partial charge in [0.05, 0.1) is 0 Å². The van der Waals surface area contributed by atoms with Crippen molar-refractivity contribution in [3.63, 3.8) is 0 Å². The van der Waals surface area contributed by atoms with Crippen LogP contribution in [-0.2, 0) is 12.8 Å². The number of imidazole rings is 1. The molecule has 0 amide bonds. The van der Waals surface area contributed by atoms with Crippen molar-refractivity contribution < 1.29 is 8.78 Å². The molecular formula is C13H15F2N3. The van der Waals surface area contributed by atoms with Crippen LogP contribution in [0.15, 0.2) is 30.6 Å². The summed E-state index contributed by atoms with van der Waals surface area (Å²) in [5.74, 6) is -0.747. The summed E-state index contributed by atoms with van der Waals surface area (Å²) in [4.78, 5) is 7.17. The van der Waals surface area contributed by atoms with Crippen molar-refractivity contribution in [2.24, 2.45) is 0 Å². The summed E-state index contributed by atoms with van der Waals surface area (Å²) in [6.07, 6.45) is 4.79. The van der Waals surface area contributed by atoms with Gasteiger partial charge in [0, 0.05) is 24.9 Å². The second kappa shape index (κ2) is 5.73. The Bertz CT molecular complexity index is 497. The average molecular weight is 251 g/mol. The van der Waals surface area contributed by atoms with Gasteiger partial charge < -0.3 is 10.3 Å². The van der Waals surface area contributed by atoms with Gasteiger partial charge in [-0.1, -0.05) is 6.07 Å². The Kier molecular flexibility index (Phi) is 4.04. The van der Waals surface area contributed by atoms with Crippen LogP contribution < -0.4 is 5.32 Å². The van der Waals surface area contributed by atoms with E-state index in [2.05, 4.69) is 15.3 Å². The first kappa shape index (κ1) is 12.7. The zero-order chi connectivity index (χ0) is 13.0. The van der Waals surface area contributed by atoms with Gasteiger partial charge >= 0.3 is 0 Å². The Morgan fingerprint density at radius 1 is 1.28 bits per heavy atom. The van der Waals surface area contributed by atoms with Crippen LogP contribution in [0.3, 0.4) is 0 Å². The maximum atomic E-state index is 13.1. The molecule has 0 spiro atoms. The van der Waals surface area contributed by atoms with Crippen molar-refractivity contribution in [2.75, 3.05) is 7.05 Å². The van der Waals surface area contributed by atoms with E-state index in [0.29, 0.717) is 12.8 Å². The van der Waals surface area contributed by atoms with Gasteiger partial charge in [0.25, 0.3) is 0 Å². The molecule has 2 rings (SSSR count). The highest BCUT2D eigenvalue weighted by molar-refractivity contribution is 5.19. The highest BCUT2D eigenvalue weighted by Crippen LogP contribution is 2.11. The molecule has 96 valence electrons. The van der Waals surface area contributed by atoms with Crippen LogP contribution in [0.25, 0.3) is 0 Å². The van der Waals surface area contributed by atoms with Crippen molar-refractivity contribution >= 4 is 0 Å². The maximum absolute atomic E-state index is 13.1. The lowest BCUT2D eigenvalue weighted by molar-refractivity contribution is 0.502. The summed E-state index contributed by atoms with van der Waals surface area (Å²) >= 11 is 0. The minimum absolute atomic E-state index is 0.126. The van der Waals surface area contributed by atoms with Crippen LogP contribution in [-0.4, -0.2) is 23.1 Å². The summed E-state index contributed by atoms with van der Waals surface area (Å²) < 4.78 is 25.9. The molecule has 18 heavy (non-hydrogen) atoms. The maximum Gasteiger partial charge on any atom is 0.159 e. The minimum atomic E-state index is -0.814. The minimum Gasteiger partial charge on any atom is -0.349 e. The number of aromatic amines is 1. The third-order valence-electron chi connectivity index (χ3n) is 2.87. The van der Waals surface area contributed by atoms with E-state index in [9.17, 15) is 8.78 Å². The topological polar surface area (TPSA) is 40.7 Å². The van der Waals surface area contributed by atoms with E-state index in [1.54, 1.807) is 18.5 Å². The number of nitrogens with zero attached hydrogens (tertiary/aromatic N) is 1. The van der Waals surface area contributed by atoms with E-state index in [0.717, 1.165) is 17.5 Å². The van der Waals surface area contributed by atoms with E-state index in [1.807, 2.05) is 7.05 Å². The van der Waals surface area contributed by atoms with Crippen molar-refractivity contribution in [1.82, 2.24) is 15.3 Å². The van der Waals surface area contributed by atoms with Gasteiger partial charge in [-0.3, -0.25) is 0 Å². The van der Waals surface area contributed by atoms with Crippen LogP contribution in [0.1, 0.15) is 11.4 Å². The zero-order valence-electron chi connectivity index (χ0n) is 10.1. The highest BCUT2D eigenvalue weighted by Gasteiger charge is 2.11. The molecule has 1 unspecified atom stereocenters. The predicted octanol–water partition coefficient (Wildman–Crippen LogP) is 2.06. The van der Waals surface area contributed by atoms with E-state index in [-0.39, 0.29) is 6.04 Å². The quantitative estimate of drug-likeness (QED) is 0.854. The predicted molar refractivity (Wildman–Crippen MR) is 65.2 cm³/mol. The van der Waals surface area contributed by atoms with Gasteiger partial charge in [0.1, 0.15) is 5.82 Å². The summed E-state index contributed by atoms with van der Waals surface area (Å²) in [5.41, 5.74) is 0.764. The second-order valence-electron chi connectivity index (χ2n) is 4.18. The van der Waals surface area contributed by atoms with Gasteiger partial charge in [-0.2, -0.15) is 0 Å². The van der Waals surface area contributed by atoms with Crippen LogP contribution in [0.2, 0.25) is 0 Å². The lowest BCUT2D eigenvalue weighted by Crippen LogP contribution is -2.30. The van der Waals surface area contributed by atoms with Gasteiger partial charge in [-0.15, -0.1) is 0 Å². The third kappa shape index (κ3) is 3.13. The molecule has 5 heteroatoms. The molecule has 0 aliphatic carbocycles. The number of hydrogen-bond donors (Lipinski definition) is 2. The first-order valence-corrected chi connectivity index (χ1v) is 5.78. The van der Waals surface area contributed by atoms with Gasteiger partial charge in [0.15, 0.2) is 11.6 Å². The fourth-order valence-electron chi connectivity index (χ4n) is 1.87. The van der Waals surface area contributed by atoms with E-state index in [1.165, 1.54) is 6.07 Å². The Morgan fingerprint density at radius 3 is 2.72 bits per heavy atom. The number of hydrogen-bond acceptors (Lipinski definition) is 2. The van der Waals surface area contributed by atoms with Crippen LogP contribution in [0.4, 0.5) is 8.78 Å². The molecule has 0 saturated carbocycles. The first-order chi connectivity index (χ1) is 8.69. The molecule has 0 radical (unpaired) electrons. The molecule has 0 saturated heterocycles. The number of nitrogens with one attached hydrogen (secondary N) is 2. The lowest BCUT2D eigenvalue weighted by Gasteiger charge is -2.15. The second-order valence-corrected chi connectivity index (χ2v) is 4.18. The zero-order valence-corrected chi connectivity index (χ0v) is 10.1. The highest BCUT2D eigenvalue weighted by atomic mass is 19.2. The van der Waals surface area contributed by atoms with Gasteiger partial charge in [-0.25, -0.2) is 13.8 Å². The summed E-state index contributed by atoms with van der Waals surface area (Å²) in [7, 11) is 1.84. The fraction of sp³-hybridized carbons (Fsp3) is 0.308. The van der Waals surface area contributed by atoms with E-state index in [4.69, 9.17) is 0 Å². The van der Waals surface area contributed by atoms with Crippen molar-refractivity contribution in [2.45, 2.75) is 18.9 Å². The van der Waals surface area contributed by atoms with Crippen molar-refractivity contribution in [1.29, 1.82) is 0 Å². The number of H-pyrrole nitrogens is 1. The van der Waals surface area contributed by atoms with Crippen molar-refractivity contribution in [3.8, 4) is 0 Å². The Morgan fingerprint density at radius 2 is 2.11 bits per heavy atom. The molecule has 1 atom stereocenters. The Balaban J connectivity index is 2.03. The number of rotatable bonds is 5. The molecule has 3 nitrogen and oxygen atoms in total. The number of likely N-dealkylation sites (N-methyl/N-ethyl adjacent to an activating group) is 1. The third-order valence-corrected chi connectivity index (χ3v) is 2.87. The first-order valence-electron chi connectivity index (χ1n) is 5.78. The number of aromatic nitrogens is 2. The van der Waals surface area contributed by atoms with Crippen LogP contribution in [0, 0.1) is 11.6 Å². The average Bonchev–Trinajstić information content (AvgIpc) is 2.86. The van der Waals surface area contributed by atoms with E-state index >= 15 is 0 Å². The number of halogens is 2. The fourth-order valence-corrected chi connectivity index (χ4v) is 1.87. The largest absolute Gasteiger partial charge is 0.349 e. The normalized spacial score (nSPS) is 12.6. The molecule has 1 aromatic heterocycles. The molecular weight excluding hydrogens is 236 g/mol. The molecule has 0 fully saturated rings. The van der Waals surface area contributed by atoms with E-state index < -0.39 is 11.6 Å². The molecule has 0 bridgehead atoms. The molecule has 1 aromatic carbocycles. The van der Waals surface area contributed by atoms with Gasteiger partial charge in [0.2, 0.25) is 0 Å². The van der Waals surface area contributed by atoms with Gasteiger partial charge in [-0.05, 0) is 31.2 Å². The Hall–Kier alpha value is -1.75. The molecule has 0 aliphatic rings. The standard InChI is InChI=1S/C13H15F2N3/c1-16-10(8-13-17-4-5-18-13)6-9-2-3-11(14)12(15)7-9/h2-5,7,10,16H,6,8H2,1H3,(H,17,18). The van der Waals surface area contributed by atoms with Crippen molar-refractivity contribution in [3.05, 3.63) is 53.6 Å². The Labute approximate surface area is 104 Å². The summed E-state index contributed by atoms with van der Waals surface area (Å²) in [6.45, 7) is 0. The molecule has 1 heterocycles. The summed E-state index contributed by atoms with van der Waals surface area (Å²) in [6, 6.07) is 4.12. The lowest BCUT2D eigenvalue weighted by atomic mass is 10.0. The molecule has 0 aliphatic heterocycles. The smallest absolute Gasteiger partial charge is 0.159 e. The SMILES string of the molecule is CNC(Cc1ccc(F)c(F)c1)Cc1ncc[nH]1. The number of benzene rings is 1. The van der Waals surface area contributed by atoms with Crippen LogP contribution in [0.5, 0.6) is 0 Å². The molecule has 2 aromatic rings. The van der Waals surface area contributed by atoms with Crippen LogP contribution >= 0.6 is 0 Å². The molecule has 2 N–H and O–H groups in total.